The highest BCUT2D eigenvalue weighted by Gasteiger charge is 2.31. The maximum Gasteiger partial charge on any atom is 0.340 e. The average molecular weight is 543 g/mol. The number of benzene rings is 1. The normalized spacial score (nSPS) is 14.4. The van der Waals surface area contributed by atoms with E-state index >= 15 is 0 Å². The van der Waals surface area contributed by atoms with Gasteiger partial charge in [0.15, 0.2) is 11.6 Å². The van der Waals surface area contributed by atoms with Crippen molar-refractivity contribution in [3.8, 4) is 6.07 Å². The molecule has 1 N–H and O–H groups in total. The molecule has 0 bridgehead atoms. The van der Waals surface area contributed by atoms with Crippen LogP contribution in [0, 0.1) is 28.9 Å². The molecule has 1 saturated heterocycles. The van der Waals surface area contributed by atoms with Crippen LogP contribution in [-0.2, 0) is 25.3 Å². The van der Waals surface area contributed by atoms with Gasteiger partial charge in [-0.25, -0.2) is 35.8 Å². The summed E-state index contributed by atoms with van der Waals surface area (Å²) < 4.78 is 85.0. The number of pyridine rings is 1. The fourth-order valence-corrected chi connectivity index (χ4v) is 5.02. The number of alkyl halides is 2. The molecule has 0 aliphatic carbocycles. The van der Waals surface area contributed by atoms with E-state index in [1.165, 1.54) is 11.8 Å². The summed E-state index contributed by atoms with van der Waals surface area (Å²) in [7, 11) is -4.21. The Balaban J connectivity index is 1.70. The average Bonchev–Trinajstić information content (AvgIpc) is 2.85. The van der Waals surface area contributed by atoms with Gasteiger partial charge in [0.1, 0.15) is 17.6 Å². The zero-order valence-electron chi connectivity index (χ0n) is 19.5. The molecule has 0 radical (unpaired) electrons. The second kappa shape index (κ2) is 11.5. The molecule has 37 heavy (non-hydrogen) atoms. The number of hydrogen-bond acceptors (Lipinski definition) is 8. The number of piperidine rings is 1. The number of hydrogen-bond donors (Lipinski definition) is 1. The number of sulfonamides is 1. The highest BCUT2D eigenvalue weighted by atomic mass is 32.2. The predicted molar refractivity (Wildman–Crippen MR) is 122 cm³/mol. The predicted octanol–water partition coefficient (Wildman–Crippen LogP) is 3.21. The number of nitrogens with one attached hydrogen (secondary N) is 1. The van der Waals surface area contributed by atoms with Crippen molar-refractivity contribution in [2.24, 2.45) is 5.92 Å². The summed E-state index contributed by atoms with van der Waals surface area (Å²) in [5, 5.41) is 9.50. The lowest BCUT2D eigenvalue weighted by Crippen LogP contribution is -2.43. The molecule has 1 aromatic heterocycles. The first-order valence-corrected chi connectivity index (χ1v) is 12.7. The third-order valence-corrected chi connectivity index (χ3v) is 6.84. The molecule has 9 nitrogen and oxygen atoms in total. The molecule has 0 spiro atoms. The van der Waals surface area contributed by atoms with Gasteiger partial charge in [-0.15, -0.1) is 0 Å². The number of nitriles is 1. The second-order valence-electron chi connectivity index (χ2n) is 8.16. The van der Waals surface area contributed by atoms with E-state index in [0.717, 1.165) is 24.3 Å². The van der Waals surface area contributed by atoms with Crippen LogP contribution < -0.4 is 9.62 Å². The van der Waals surface area contributed by atoms with Gasteiger partial charge in [0.05, 0.1) is 23.5 Å². The molecule has 198 valence electrons. The third kappa shape index (κ3) is 6.73. The van der Waals surface area contributed by atoms with Crippen LogP contribution in [0.3, 0.4) is 0 Å². The number of esters is 1. The van der Waals surface area contributed by atoms with E-state index in [9.17, 15) is 40.8 Å². The number of ether oxygens (including phenoxy) is 1. The summed E-state index contributed by atoms with van der Waals surface area (Å²) in [6.07, 6.45) is -2.89. The van der Waals surface area contributed by atoms with Crippen LogP contribution >= 0.6 is 0 Å². The number of rotatable bonds is 8. The van der Waals surface area contributed by atoms with E-state index in [0.29, 0.717) is 0 Å². The Morgan fingerprint density at radius 3 is 2.46 bits per heavy atom. The minimum absolute atomic E-state index is 0.0507. The molecule has 0 unspecified atom stereocenters. The SMILES string of the molecule is CCOC(=O)c1cc(C#N)c(N2CCC(C(=O)NS(=O)(=O)Cc3ccc(F)c(F)c3)CC2)nc1C(F)F. The first kappa shape index (κ1) is 27.9. The molecule has 1 aliphatic heterocycles. The van der Waals surface area contributed by atoms with Crippen molar-refractivity contribution in [2.45, 2.75) is 31.9 Å². The number of amides is 1. The Hall–Kier alpha value is -3.73. The Morgan fingerprint density at radius 1 is 1.22 bits per heavy atom. The first-order chi connectivity index (χ1) is 17.5. The van der Waals surface area contributed by atoms with E-state index in [-0.39, 0.29) is 49.5 Å². The van der Waals surface area contributed by atoms with Gasteiger partial charge in [-0.1, -0.05) is 6.07 Å². The number of carbonyl (C=O) groups excluding carboxylic acids is 2. The summed E-state index contributed by atoms with van der Waals surface area (Å²) in [6, 6.07) is 5.40. The van der Waals surface area contributed by atoms with Gasteiger partial charge < -0.3 is 9.64 Å². The van der Waals surface area contributed by atoms with Crippen molar-refractivity contribution in [1.29, 1.82) is 5.26 Å². The lowest BCUT2D eigenvalue weighted by molar-refractivity contribution is -0.123. The molecule has 2 aromatic rings. The standard InChI is InChI=1S/C23H22F4N4O5S/c1-2-36-23(33)16-10-15(11-28)21(29-19(16)20(26)27)31-7-5-14(6-8-31)22(32)30-37(34,35)12-13-3-4-17(24)18(25)9-13/h3-4,9-10,14,20H,2,5-8,12H2,1H3,(H,30,32). The smallest absolute Gasteiger partial charge is 0.340 e. The van der Waals surface area contributed by atoms with Gasteiger partial charge in [-0.3, -0.25) is 9.52 Å². The molecule has 14 heteroatoms. The second-order valence-corrected chi connectivity index (χ2v) is 9.88. The van der Waals surface area contributed by atoms with E-state index in [1.807, 2.05) is 10.8 Å². The minimum Gasteiger partial charge on any atom is -0.462 e. The van der Waals surface area contributed by atoms with Crippen molar-refractivity contribution in [2.75, 3.05) is 24.6 Å². The number of anilines is 1. The van der Waals surface area contributed by atoms with E-state index in [4.69, 9.17) is 4.74 Å². The molecule has 1 aliphatic rings. The van der Waals surface area contributed by atoms with Gasteiger partial charge in [0, 0.05) is 19.0 Å². The van der Waals surface area contributed by atoms with Gasteiger partial charge in [0.2, 0.25) is 15.9 Å². The molecular formula is C23H22F4N4O5S. The molecule has 3 rings (SSSR count). The van der Waals surface area contributed by atoms with Crippen molar-refractivity contribution in [3.05, 3.63) is 58.3 Å². The van der Waals surface area contributed by atoms with Gasteiger partial charge in [-0.05, 0) is 43.5 Å². The monoisotopic (exact) mass is 542 g/mol. The zero-order chi connectivity index (χ0) is 27.3. The Morgan fingerprint density at radius 2 is 1.89 bits per heavy atom. The highest BCUT2D eigenvalue weighted by Crippen LogP contribution is 2.30. The van der Waals surface area contributed by atoms with Gasteiger partial charge in [0.25, 0.3) is 6.43 Å². The maximum atomic E-state index is 13.6. The van der Waals surface area contributed by atoms with Crippen LogP contribution in [0.25, 0.3) is 0 Å². The lowest BCUT2D eigenvalue weighted by Gasteiger charge is -2.33. The minimum atomic E-state index is -4.21. The van der Waals surface area contributed by atoms with Crippen molar-refractivity contribution >= 4 is 27.7 Å². The van der Waals surface area contributed by atoms with E-state index in [1.54, 1.807) is 0 Å². The molecule has 0 saturated carbocycles. The highest BCUT2D eigenvalue weighted by molar-refractivity contribution is 7.89. The third-order valence-electron chi connectivity index (χ3n) is 5.62. The lowest BCUT2D eigenvalue weighted by atomic mass is 9.96. The summed E-state index contributed by atoms with van der Waals surface area (Å²) >= 11 is 0. The van der Waals surface area contributed by atoms with Crippen LogP contribution in [0.2, 0.25) is 0 Å². The summed E-state index contributed by atoms with van der Waals surface area (Å²) in [5.41, 5.74) is -1.54. The fourth-order valence-electron chi connectivity index (χ4n) is 3.85. The van der Waals surface area contributed by atoms with Crippen molar-refractivity contribution < 1.29 is 40.3 Å². The quantitative estimate of drug-likeness (QED) is 0.398. The van der Waals surface area contributed by atoms with E-state index in [2.05, 4.69) is 4.98 Å². The number of halogens is 4. The van der Waals surface area contributed by atoms with Gasteiger partial charge >= 0.3 is 5.97 Å². The largest absolute Gasteiger partial charge is 0.462 e. The van der Waals surface area contributed by atoms with Crippen molar-refractivity contribution in [3.63, 3.8) is 0 Å². The molecular weight excluding hydrogens is 520 g/mol. The molecule has 0 atom stereocenters. The first-order valence-electron chi connectivity index (χ1n) is 11.1. The van der Waals surface area contributed by atoms with E-state index < -0.39 is 62.9 Å². The van der Waals surface area contributed by atoms with Crippen LogP contribution in [0.4, 0.5) is 23.4 Å². The van der Waals surface area contributed by atoms with Crippen LogP contribution in [-0.4, -0.2) is 45.0 Å². The topological polar surface area (TPSA) is 129 Å². The summed E-state index contributed by atoms with van der Waals surface area (Å²) in [4.78, 5) is 30.0. The maximum absolute atomic E-state index is 13.6. The summed E-state index contributed by atoms with van der Waals surface area (Å²) in [5.74, 6) is -5.78. The van der Waals surface area contributed by atoms with Crippen LogP contribution in [0.1, 0.15) is 53.4 Å². The Bertz CT molecular complexity index is 1340. The fraction of sp³-hybridized carbons (Fsp3) is 0.391. The van der Waals surface area contributed by atoms with Crippen LogP contribution in [0.15, 0.2) is 24.3 Å². The molecule has 1 aromatic carbocycles. The number of carbonyl (C=O) groups is 2. The zero-order valence-corrected chi connectivity index (χ0v) is 20.3. The number of aromatic nitrogens is 1. The number of nitrogens with zero attached hydrogens (tertiary/aromatic N) is 3. The summed E-state index contributed by atoms with van der Waals surface area (Å²) in [6.45, 7) is 1.62. The Labute approximate surface area is 210 Å². The van der Waals surface area contributed by atoms with Crippen molar-refractivity contribution in [1.82, 2.24) is 9.71 Å². The van der Waals surface area contributed by atoms with Crippen LogP contribution in [0.5, 0.6) is 0 Å². The Kier molecular flexibility index (Phi) is 8.69. The van der Waals surface area contributed by atoms with Gasteiger partial charge in [-0.2, -0.15) is 5.26 Å². The molecule has 1 amide bonds. The molecule has 2 heterocycles. The molecule has 1 fully saturated rings.